The molecule has 0 aromatic heterocycles. The predicted octanol–water partition coefficient (Wildman–Crippen LogP) is -2.09. The number of nitrogens with one attached hydrogen (secondary N) is 1. The van der Waals surface area contributed by atoms with Crippen LogP contribution in [0, 0.1) is 0 Å². The lowest BCUT2D eigenvalue weighted by atomic mass is 10.0. The lowest BCUT2D eigenvalue weighted by Crippen LogP contribution is -2.40. The number of aliphatic hydroxyl groups is 4. The molecule has 0 spiro atoms. The van der Waals surface area contributed by atoms with Crippen molar-refractivity contribution in [3.8, 4) is 0 Å². The number of amides is 1. The van der Waals surface area contributed by atoms with Gasteiger partial charge < -0.3 is 30.5 Å². The van der Waals surface area contributed by atoms with Gasteiger partial charge in [-0.15, -0.1) is 0 Å². The summed E-state index contributed by atoms with van der Waals surface area (Å²) in [5.41, 5.74) is 0.562. The second-order valence-electron chi connectivity index (χ2n) is 4.49. The summed E-state index contributed by atoms with van der Waals surface area (Å²) in [7, 11) is 0. The van der Waals surface area contributed by atoms with Crippen LogP contribution >= 0.6 is 0 Å². The van der Waals surface area contributed by atoms with Crippen LogP contribution in [-0.2, 0) is 9.53 Å². The predicted molar refractivity (Wildman–Crippen MR) is 66.2 cm³/mol. The van der Waals surface area contributed by atoms with Crippen LogP contribution in [0.2, 0.25) is 0 Å². The Labute approximate surface area is 111 Å². The van der Waals surface area contributed by atoms with E-state index in [1.807, 2.05) is 0 Å². The fourth-order valence-corrected chi connectivity index (χ4v) is 1.95. The average Bonchev–Trinajstić information content (AvgIpc) is 2.48. The lowest BCUT2D eigenvalue weighted by molar-refractivity contribution is -0.119. The molecule has 1 aliphatic heterocycles. The Hall–Kier alpha value is -0.990. The summed E-state index contributed by atoms with van der Waals surface area (Å²) in [5.74, 6) is -0.235. The van der Waals surface area contributed by atoms with Crippen LogP contribution in [-0.4, -0.2) is 70.5 Å². The molecule has 110 valence electrons. The van der Waals surface area contributed by atoms with Crippen LogP contribution in [0.4, 0.5) is 0 Å². The highest BCUT2D eigenvalue weighted by Crippen LogP contribution is 2.21. The van der Waals surface area contributed by atoms with Gasteiger partial charge in [-0.25, -0.2) is 0 Å². The zero-order chi connectivity index (χ0) is 14.4. The Balaban J connectivity index is 2.87. The molecule has 1 rings (SSSR count). The molecule has 0 saturated heterocycles. The maximum absolute atomic E-state index is 10.9. The number of aliphatic hydroxyl groups excluding tert-OH is 4. The first-order valence-corrected chi connectivity index (χ1v) is 6.18. The van der Waals surface area contributed by atoms with E-state index in [0.29, 0.717) is 5.57 Å². The zero-order valence-corrected chi connectivity index (χ0v) is 10.8. The zero-order valence-electron chi connectivity index (χ0n) is 10.8. The van der Waals surface area contributed by atoms with Crippen molar-refractivity contribution in [3.05, 3.63) is 11.6 Å². The summed E-state index contributed by atoms with van der Waals surface area (Å²) in [5, 5.41) is 40.3. The van der Waals surface area contributed by atoms with E-state index in [-0.39, 0.29) is 25.5 Å². The molecule has 0 aromatic rings. The number of rotatable bonds is 5. The van der Waals surface area contributed by atoms with E-state index in [0.717, 1.165) is 0 Å². The van der Waals surface area contributed by atoms with Gasteiger partial charge in [0.25, 0.3) is 0 Å². The molecule has 4 unspecified atom stereocenters. The molecule has 19 heavy (non-hydrogen) atoms. The monoisotopic (exact) mass is 275 g/mol. The van der Waals surface area contributed by atoms with Gasteiger partial charge in [-0.3, -0.25) is 4.79 Å². The SMILES string of the molecule is CC(=O)NCC1=CC(O)C(O)C(CO)OC1CCO. The molecule has 4 atom stereocenters. The van der Waals surface area contributed by atoms with Crippen molar-refractivity contribution < 1.29 is 30.0 Å². The number of ether oxygens (including phenoxy) is 1. The fourth-order valence-electron chi connectivity index (χ4n) is 1.95. The highest BCUT2D eigenvalue weighted by molar-refractivity contribution is 5.73. The van der Waals surface area contributed by atoms with E-state index in [9.17, 15) is 15.0 Å². The summed E-state index contributed by atoms with van der Waals surface area (Å²) in [6.45, 7) is 0.927. The molecule has 1 heterocycles. The van der Waals surface area contributed by atoms with Gasteiger partial charge in [-0.05, 0) is 11.6 Å². The molecule has 1 aliphatic rings. The highest BCUT2D eigenvalue weighted by Gasteiger charge is 2.33. The second kappa shape index (κ2) is 7.56. The molecular formula is C12H21NO6. The molecule has 0 bridgehead atoms. The standard InChI is InChI=1S/C12H21NO6/c1-7(16)13-5-8-4-9(17)12(18)11(6-15)19-10(8)2-3-14/h4,9-12,14-15,17-18H,2-3,5-6H2,1H3,(H,13,16). The Bertz CT molecular complexity index is 332. The summed E-state index contributed by atoms with van der Waals surface area (Å²) in [4.78, 5) is 10.9. The quantitative estimate of drug-likeness (QED) is 0.367. The van der Waals surface area contributed by atoms with Crippen molar-refractivity contribution in [2.45, 2.75) is 37.8 Å². The molecule has 7 heteroatoms. The van der Waals surface area contributed by atoms with Crippen LogP contribution < -0.4 is 5.32 Å². The third-order valence-corrected chi connectivity index (χ3v) is 2.98. The van der Waals surface area contributed by atoms with Crippen molar-refractivity contribution in [1.82, 2.24) is 5.32 Å². The minimum absolute atomic E-state index is 0.146. The summed E-state index contributed by atoms with van der Waals surface area (Å²) < 4.78 is 5.49. The van der Waals surface area contributed by atoms with Gasteiger partial charge in [0.2, 0.25) is 5.91 Å². The Morgan fingerprint density at radius 1 is 1.42 bits per heavy atom. The van der Waals surface area contributed by atoms with E-state index in [1.54, 1.807) is 0 Å². The van der Waals surface area contributed by atoms with Gasteiger partial charge in [-0.2, -0.15) is 0 Å². The van der Waals surface area contributed by atoms with Crippen molar-refractivity contribution in [3.63, 3.8) is 0 Å². The first-order chi connectivity index (χ1) is 8.99. The van der Waals surface area contributed by atoms with E-state index >= 15 is 0 Å². The van der Waals surface area contributed by atoms with Gasteiger partial charge in [0.15, 0.2) is 0 Å². The van der Waals surface area contributed by atoms with Gasteiger partial charge in [-0.1, -0.05) is 0 Å². The maximum atomic E-state index is 10.9. The van der Waals surface area contributed by atoms with E-state index in [2.05, 4.69) is 5.32 Å². The van der Waals surface area contributed by atoms with Crippen LogP contribution in [0.15, 0.2) is 11.6 Å². The molecule has 0 fully saturated rings. The number of hydrogen-bond donors (Lipinski definition) is 5. The molecule has 0 aliphatic carbocycles. The number of carbonyl (C=O) groups is 1. The van der Waals surface area contributed by atoms with Gasteiger partial charge >= 0.3 is 0 Å². The smallest absolute Gasteiger partial charge is 0.217 e. The first kappa shape index (κ1) is 16.1. The third kappa shape index (κ3) is 4.55. The summed E-state index contributed by atoms with van der Waals surface area (Å²) >= 11 is 0. The van der Waals surface area contributed by atoms with Crippen LogP contribution in [0.5, 0.6) is 0 Å². The van der Waals surface area contributed by atoms with E-state index in [4.69, 9.17) is 14.9 Å². The molecular weight excluding hydrogens is 254 g/mol. The minimum Gasteiger partial charge on any atom is -0.396 e. The Kier molecular flexibility index (Phi) is 6.40. The average molecular weight is 275 g/mol. The normalized spacial score (nSPS) is 31.5. The molecule has 0 saturated carbocycles. The molecule has 5 N–H and O–H groups in total. The largest absolute Gasteiger partial charge is 0.396 e. The van der Waals surface area contributed by atoms with Gasteiger partial charge in [0.05, 0.1) is 12.7 Å². The van der Waals surface area contributed by atoms with Gasteiger partial charge in [0, 0.05) is 26.5 Å². The van der Waals surface area contributed by atoms with Gasteiger partial charge in [0.1, 0.15) is 18.3 Å². The van der Waals surface area contributed by atoms with Crippen molar-refractivity contribution in [2.75, 3.05) is 19.8 Å². The summed E-state index contributed by atoms with van der Waals surface area (Å²) in [6.07, 6.45) is -2.29. The summed E-state index contributed by atoms with van der Waals surface area (Å²) in [6, 6.07) is 0. The third-order valence-electron chi connectivity index (χ3n) is 2.98. The number of hydrogen-bond acceptors (Lipinski definition) is 6. The highest BCUT2D eigenvalue weighted by atomic mass is 16.5. The van der Waals surface area contributed by atoms with Crippen molar-refractivity contribution in [2.24, 2.45) is 0 Å². The van der Waals surface area contributed by atoms with Crippen molar-refractivity contribution >= 4 is 5.91 Å². The fraction of sp³-hybridized carbons (Fsp3) is 0.750. The Morgan fingerprint density at radius 2 is 2.11 bits per heavy atom. The topological polar surface area (TPSA) is 119 Å². The van der Waals surface area contributed by atoms with Crippen molar-refractivity contribution in [1.29, 1.82) is 0 Å². The van der Waals surface area contributed by atoms with E-state index < -0.39 is 31.0 Å². The number of carbonyl (C=O) groups excluding carboxylic acids is 1. The second-order valence-corrected chi connectivity index (χ2v) is 4.49. The lowest BCUT2D eigenvalue weighted by Gasteiger charge is -2.25. The molecule has 0 radical (unpaired) electrons. The molecule has 7 nitrogen and oxygen atoms in total. The van der Waals surface area contributed by atoms with Crippen LogP contribution in [0.3, 0.4) is 0 Å². The van der Waals surface area contributed by atoms with E-state index in [1.165, 1.54) is 13.0 Å². The van der Waals surface area contributed by atoms with Crippen LogP contribution in [0.1, 0.15) is 13.3 Å². The minimum atomic E-state index is -1.25. The Morgan fingerprint density at radius 3 is 2.63 bits per heavy atom. The maximum Gasteiger partial charge on any atom is 0.217 e. The molecule has 0 aromatic carbocycles. The van der Waals surface area contributed by atoms with Crippen LogP contribution in [0.25, 0.3) is 0 Å². The first-order valence-electron chi connectivity index (χ1n) is 6.18. The molecule has 1 amide bonds.